The fourth-order valence-corrected chi connectivity index (χ4v) is 3.89. The molecule has 0 bridgehead atoms. The Bertz CT molecular complexity index is 888. The van der Waals surface area contributed by atoms with Crippen LogP contribution in [0.2, 0.25) is 0 Å². The molecule has 0 aliphatic carbocycles. The molecule has 3 rings (SSSR count). The Morgan fingerprint density at radius 2 is 1.88 bits per heavy atom. The molecule has 0 aromatic heterocycles. The predicted octanol–water partition coefficient (Wildman–Crippen LogP) is 3.50. The lowest BCUT2D eigenvalue weighted by Gasteiger charge is -2.37. The first-order valence-electron chi connectivity index (χ1n) is 8.10. The van der Waals surface area contributed by atoms with Gasteiger partial charge < -0.3 is 9.64 Å². The third-order valence-electron chi connectivity index (χ3n) is 4.31. The first-order chi connectivity index (χ1) is 11.9. The lowest BCUT2D eigenvalue weighted by molar-refractivity contribution is -0.129. The molecule has 0 unspecified atom stereocenters. The summed E-state index contributed by atoms with van der Waals surface area (Å²) in [6, 6.07) is 3.01. The molecule has 0 N–H and O–H groups in total. The number of ether oxygens (including phenoxy) is 1. The van der Waals surface area contributed by atoms with Crippen LogP contribution in [0.15, 0.2) is 29.2 Å². The van der Waals surface area contributed by atoms with Crippen LogP contribution in [0.25, 0.3) is 5.70 Å². The summed E-state index contributed by atoms with van der Waals surface area (Å²) in [5, 5.41) is 0. The van der Waals surface area contributed by atoms with Crippen molar-refractivity contribution >= 4 is 21.4 Å². The number of benzene rings is 1. The van der Waals surface area contributed by atoms with E-state index in [9.17, 15) is 26.4 Å². The Kier molecular flexibility index (Phi) is 4.33. The molecule has 0 saturated carbocycles. The molecule has 9 heteroatoms. The number of carbonyl (C=O) groups is 1. The number of hydrogen-bond acceptors (Lipinski definition) is 4. The van der Waals surface area contributed by atoms with Crippen LogP contribution in [0.4, 0.5) is 13.2 Å². The summed E-state index contributed by atoms with van der Waals surface area (Å²) in [4.78, 5) is 12.9. The lowest BCUT2D eigenvalue weighted by atomic mass is 9.96. The maximum atomic E-state index is 12.9. The number of likely N-dealkylation sites (tertiary alicyclic amines) is 1. The fourth-order valence-electron chi connectivity index (χ4n) is 3.10. The summed E-state index contributed by atoms with van der Waals surface area (Å²) in [5.74, 6) is 0.0993. The molecule has 2 heterocycles. The Morgan fingerprint density at radius 1 is 1.19 bits per heavy atom. The van der Waals surface area contributed by atoms with Gasteiger partial charge >= 0.3 is 5.51 Å². The summed E-state index contributed by atoms with van der Waals surface area (Å²) < 4.78 is 67.9. The van der Waals surface area contributed by atoms with Gasteiger partial charge in [0.15, 0.2) is 0 Å². The van der Waals surface area contributed by atoms with Crippen molar-refractivity contribution in [2.24, 2.45) is 0 Å². The van der Waals surface area contributed by atoms with E-state index in [-0.39, 0.29) is 17.2 Å². The Hall–Kier alpha value is -2.03. The van der Waals surface area contributed by atoms with Crippen LogP contribution in [-0.2, 0) is 14.6 Å². The summed E-state index contributed by atoms with van der Waals surface area (Å²) >= 11 is 0. The third-order valence-corrected chi connectivity index (χ3v) is 5.80. The van der Waals surface area contributed by atoms with Gasteiger partial charge in [-0.2, -0.15) is 13.2 Å². The predicted molar refractivity (Wildman–Crippen MR) is 87.9 cm³/mol. The topological polar surface area (TPSA) is 63.7 Å². The molecule has 1 amide bonds. The molecular formula is C17H18F3NO4S. The van der Waals surface area contributed by atoms with Gasteiger partial charge in [-0.1, -0.05) is 0 Å². The molecule has 0 radical (unpaired) electrons. The molecule has 26 heavy (non-hydrogen) atoms. The highest BCUT2D eigenvalue weighted by atomic mass is 32.2. The molecule has 1 fully saturated rings. The molecule has 2 aliphatic rings. The third kappa shape index (κ3) is 3.20. The van der Waals surface area contributed by atoms with Gasteiger partial charge in [0.05, 0.1) is 10.6 Å². The molecule has 142 valence electrons. The second-order valence-corrected chi connectivity index (χ2v) is 8.79. The Morgan fingerprint density at radius 3 is 2.50 bits per heavy atom. The van der Waals surface area contributed by atoms with E-state index in [1.165, 1.54) is 11.0 Å². The maximum Gasteiger partial charge on any atom is 0.501 e. The van der Waals surface area contributed by atoms with Crippen molar-refractivity contribution in [1.29, 1.82) is 0 Å². The van der Waals surface area contributed by atoms with Crippen molar-refractivity contribution in [3.8, 4) is 5.75 Å². The van der Waals surface area contributed by atoms with Gasteiger partial charge in [0.25, 0.3) is 9.84 Å². The highest BCUT2D eigenvalue weighted by Crippen LogP contribution is 2.41. The Labute approximate surface area is 149 Å². The number of sulfone groups is 1. The van der Waals surface area contributed by atoms with Gasteiger partial charge in [-0.3, -0.25) is 4.79 Å². The van der Waals surface area contributed by atoms with Crippen molar-refractivity contribution in [3.05, 3.63) is 29.8 Å². The highest BCUT2D eigenvalue weighted by molar-refractivity contribution is 7.92. The minimum absolute atomic E-state index is 0.143. The van der Waals surface area contributed by atoms with E-state index in [2.05, 4.69) is 0 Å². The van der Waals surface area contributed by atoms with Crippen LogP contribution >= 0.6 is 0 Å². The standard InChI is InChI=1S/C17H18F3NO4S/c1-16(2)10-13(21-8-4-3-5-15(21)22)12-9-11(6-7-14(12)25-16)26(23,24)17(18,19)20/h6-7,9-10H,3-5,8H2,1-2H3. The van der Waals surface area contributed by atoms with Gasteiger partial charge in [-0.25, -0.2) is 8.42 Å². The number of hydrogen-bond donors (Lipinski definition) is 0. The molecule has 2 aliphatic heterocycles. The van der Waals surface area contributed by atoms with Crippen molar-refractivity contribution in [3.63, 3.8) is 0 Å². The number of rotatable bonds is 2. The van der Waals surface area contributed by atoms with Gasteiger partial charge in [0, 0.05) is 18.5 Å². The van der Waals surface area contributed by atoms with Crippen LogP contribution < -0.4 is 4.74 Å². The normalized spacial score (nSPS) is 20.3. The van der Waals surface area contributed by atoms with E-state index in [4.69, 9.17) is 4.74 Å². The van der Waals surface area contributed by atoms with Gasteiger partial charge in [-0.15, -0.1) is 0 Å². The number of fused-ring (bicyclic) bond motifs is 1. The van der Waals surface area contributed by atoms with E-state index in [1.54, 1.807) is 19.9 Å². The number of piperidine rings is 1. The number of alkyl halides is 3. The quantitative estimate of drug-likeness (QED) is 0.777. The smallest absolute Gasteiger partial charge is 0.483 e. The van der Waals surface area contributed by atoms with Crippen molar-refractivity contribution in [2.45, 2.75) is 49.1 Å². The van der Waals surface area contributed by atoms with Crippen molar-refractivity contribution < 1.29 is 31.1 Å². The minimum Gasteiger partial charge on any atom is -0.483 e. The second kappa shape index (κ2) is 6.00. The zero-order chi connectivity index (χ0) is 19.3. The van der Waals surface area contributed by atoms with Crippen molar-refractivity contribution in [1.82, 2.24) is 4.90 Å². The summed E-state index contributed by atoms with van der Waals surface area (Å²) in [7, 11) is -5.49. The average Bonchev–Trinajstić information content (AvgIpc) is 2.52. The second-order valence-electron chi connectivity index (χ2n) is 6.84. The SMILES string of the molecule is CC1(C)C=C(N2CCCCC2=O)c2cc(S(=O)(=O)C(F)(F)F)ccc2O1. The highest BCUT2D eigenvalue weighted by Gasteiger charge is 2.47. The Balaban J connectivity index is 2.15. The monoisotopic (exact) mass is 389 g/mol. The van der Waals surface area contributed by atoms with Crippen LogP contribution in [0.3, 0.4) is 0 Å². The molecule has 0 atom stereocenters. The molecular weight excluding hydrogens is 371 g/mol. The zero-order valence-corrected chi connectivity index (χ0v) is 15.1. The first kappa shape index (κ1) is 18.8. The first-order valence-corrected chi connectivity index (χ1v) is 9.59. The average molecular weight is 389 g/mol. The van der Waals surface area contributed by atoms with Gasteiger partial charge in [0.2, 0.25) is 5.91 Å². The van der Waals surface area contributed by atoms with Crippen LogP contribution in [-0.4, -0.2) is 36.9 Å². The zero-order valence-electron chi connectivity index (χ0n) is 14.3. The largest absolute Gasteiger partial charge is 0.501 e. The number of halogens is 3. The molecule has 1 aromatic rings. The van der Waals surface area contributed by atoms with E-state index in [1.807, 2.05) is 0 Å². The minimum atomic E-state index is -5.49. The molecule has 1 saturated heterocycles. The van der Waals surface area contributed by atoms with E-state index >= 15 is 0 Å². The number of nitrogens with zero attached hydrogens (tertiary/aromatic N) is 1. The lowest BCUT2D eigenvalue weighted by Crippen LogP contribution is -2.38. The van der Waals surface area contributed by atoms with Crippen LogP contribution in [0.1, 0.15) is 38.7 Å². The summed E-state index contributed by atoms with van der Waals surface area (Å²) in [6.45, 7) is 3.94. The summed E-state index contributed by atoms with van der Waals surface area (Å²) in [6.07, 6.45) is 3.50. The fraction of sp³-hybridized carbons (Fsp3) is 0.471. The van der Waals surface area contributed by atoms with Crippen molar-refractivity contribution in [2.75, 3.05) is 6.54 Å². The molecule has 5 nitrogen and oxygen atoms in total. The van der Waals surface area contributed by atoms with E-state index in [0.717, 1.165) is 25.0 Å². The van der Waals surface area contributed by atoms with Gasteiger partial charge in [-0.05, 0) is 51.0 Å². The van der Waals surface area contributed by atoms with Crippen LogP contribution in [0.5, 0.6) is 5.75 Å². The van der Waals surface area contributed by atoms with E-state index < -0.39 is 25.8 Å². The summed E-state index contributed by atoms with van der Waals surface area (Å²) in [5.41, 5.74) is -5.63. The molecule has 1 aromatic carbocycles. The van der Waals surface area contributed by atoms with E-state index in [0.29, 0.717) is 18.7 Å². The number of amides is 1. The number of carbonyl (C=O) groups excluding carboxylic acids is 1. The van der Waals surface area contributed by atoms with Gasteiger partial charge in [0.1, 0.15) is 11.4 Å². The maximum absolute atomic E-state index is 12.9. The molecule has 0 spiro atoms. The van der Waals surface area contributed by atoms with Crippen LogP contribution in [0, 0.1) is 0 Å².